The number of aryl methyl sites for hydroxylation is 1. The second kappa shape index (κ2) is 6.27. The van der Waals surface area contributed by atoms with E-state index >= 15 is 0 Å². The van der Waals surface area contributed by atoms with Gasteiger partial charge >= 0.3 is 0 Å². The molecule has 0 bridgehead atoms. The summed E-state index contributed by atoms with van der Waals surface area (Å²) in [5.74, 6) is 0. The van der Waals surface area contributed by atoms with Crippen molar-refractivity contribution in [1.29, 1.82) is 0 Å². The summed E-state index contributed by atoms with van der Waals surface area (Å²) in [6.45, 7) is 4.15. The average molecular weight is 328 g/mol. The number of H-pyrrole nitrogens is 1. The van der Waals surface area contributed by atoms with Crippen molar-refractivity contribution in [3.05, 3.63) is 33.6 Å². The SMILES string of the molecule is CNCc1c(S(=O)(=O)N(C)C(C)c2cccs2)n[nH]c1C. The van der Waals surface area contributed by atoms with E-state index in [9.17, 15) is 8.42 Å². The molecule has 0 radical (unpaired) electrons. The summed E-state index contributed by atoms with van der Waals surface area (Å²) in [6, 6.07) is 3.63. The summed E-state index contributed by atoms with van der Waals surface area (Å²) >= 11 is 1.54. The fourth-order valence-corrected chi connectivity index (χ4v) is 4.47. The molecule has 21 heavy (non-hydrogen) atoms. The second-order valence-electron chi connectivity index (χ2n) is 4.88. The quantitative estimate of drug-likeness (QED) is 0.849. The summed E-state index contributed by atoms with van der Waals surface area (Å²) in [5, 5.41) is 11.8. The lowest BCUT2D eigenvalue weighted by Crippen LogP contribution is -2.30. The van der Waals surface area contributed by atoms with Crippen LogP contribution in [0.5, 0.6) is 0 Å². The van der Waals surface area contributed by atoms with E-state index in [4.69, 9.17) is 0 Å². The maximum atomic E-state index is 12.8. The van der Waals surface area contributed by atoms with E-state index in [1.807, 2.05) is 31.4 Å². The molecule has 1 unspecified atom stereocenters. The summed E-state index contributed by atoms with van der Waals surface area (Å²) < 4.78 is 27.0. The lowest BCUT2D eigenvalue weighted by atomic mass is 10.3. The molecule has 116 valence electrons. The van der Waals surface area contributed by atoms with Crippen LogP contribution in [0.2, 0.25) is 0 Å². The van der Waals surface area contributed by atoms with Crippen LogP contribution in [0.15, 0.2) is 22.5 Å². The van der Waals surface area contributed by atoms with Crippen LogP contribution in [0.4, 0.5) is 0 Å². The van der Waals surface area contributed by atoms with Crippen molar-refractivity contribution in [3.8, 4) is 0 Å². The molecule has 0 spiro atoms. The largest absolute Gasteiger partial charge is 0.316 e. The Kier molecular flexibility index (Phi) is 4.82. The molecule has 0 fully saturated rings. The molecular weight excluding hydrogens is 308 g/mol. The van der Waals surface area contributed by atoms with Crippen LogP contribution in [0, 0.1) is 6.92 Å². The Hall–Kier alpha value is -1.22. The Bertz CT molecular complexity index is 692. The van der Waals surface area contributed by atoms with Crippen molar-refractivity contribution in [1.82, 2.24) is 19.8 Å². The third kappa shape index (κ3) is 3.03. The number of thiophene rings is 1. The summed E-state index contributed by atoms with van der Waals surface area (Å²) in [5.41, 5.74) is 1.45. The molecule has 2 aromatic rings. The van der Waals surface area contributed by atoms with Gasteiger partial charge in [0.15, 0.2) is 5.03 Å². The number of sulfonamides is 1. The van der Waals surface area contributed by atoms with Crippen LogP contribution in [0.25, 0.3) is 0 Å². The Morgan fingerprint density at radius 1 is 1.52 bits per heavy atom. The van der Waals surface area contributed by atoms with Crippen LogP contribution in [0.3, 0.4) is 0 Å². The molecule has 0 amide bonds. The van der Waals surface area contributed by atoms with Gasteiger partial charge in [-0.05, 0) is 32.3 Å². The number of nitrogens with one attached hydrogen (secondary N) is 2. The van der Waals surface area contributed by atoms with Gasteiger partial charge in [0.1, 0.15) is 0 Å². The first-order valence-electron chi connectivity index (χ1n) is 6.59. The Morgan fingerprint density at radius 3 is 2.81 bits per heavy atom. The molecule has 2 rings (SSSR count). The summed E-state index contributed by atoms with van der Waals surface area (Å²) in [7, 11) is -0.270. The molecule has 2 aromatic heterocycles. The molecule has 1 atom stereocenters. The van der Waals surface area contributed by atoms with E-state index in [0.29, 0.717) is 12.1 Å². The predicted molar refractivity (Wildman–Crippen MR) is 83.8 cm³/mol. The summed E-state index contributed by atoms with van der Waals surface area (Å²) in [6.07, 6.45) is 0. The lowest BCUT2D eigenvalue weighted by Gasteiger charge is -2.23. The number of aromatic amines is 1. The van der Waals surface area contributed by atoms with Crippen molar-refractivity contribution in [3.63, 3.8) is 0 Å². The number of nitrogens with zero attached hydrogens (tertiary/aromatic N) is 2. The predicted octanol–water partition coefficient (Wildman–Crippen LogP) is 1.88. The Balaban J connectivity index is 2.38. The van der Waals surface area contributed by atoms with E-state index in [-0.39, 0.29) is 11.1 Å². The molecule has 0 aliphatic rings. The smallest absolute Gasteiger partial charge is 0.263 e. The van der Waals surface area contributed by atoms with Crippen molar-refractivity contribution >= 4 is 21.4 Å². The van der Waals surface area contributed by atoms with Gasteiger partial charge in [-0.1, -0.05) is 6.07 Å². The average Bonchev–Trinajstić information content (AvgIpc) is 3.08. The molecule has 2 heterocycles. The monoisotopic (exact) mass is 328 g/mol. The molecule has 0 saturated heterocycles. The molecule has 0 aliphatic heterocycles. The van der Waals surface area contributed by atoms with Gasteiger partial charge < -0.3 is 5.32 Å². The van der Waals surface area contributed by atoms with Crippen molar-refractivity contribution < 1.29 is 8.42 Å². The Labute approximate surface area is 129 Å². The first-order chi connectivity index (χ1) is 9.89. The van der Waals surface area contributed by atoms with Crippen molar-refractivity contribution in [2.45, 2.75) is 31.5 Å². The number of aromatic nitrogens is 2. The highest BCUT2D eigenvalue weighted by Gasteiger charge is 2.31. The molecule has 0 aliphatic carbocycles. The van der Waals surface area contributed by atoms with Gasteiger partial charge in [-0.2, -0.15) is 9.40 Å². The maximum Gasteiger partial charge on any atom is 0.263 e. The van der Waals surface area contributed by atoms with Gasteiger partial charge in [0.2, 0.25) is 0 Å². The van der Waals surface area contributed by atoms with Gasteiger partial charge in [-0.25, -0.2) is 8.42 Å². The first kappa shape index (κ1) is 16.2. The second-order valence-corrected chi connectivity index (χ2v) is 7.77. The van der Waals surface area contributed by atoms with Crippen molar-refractivity contribution in [2.75, 3.05) is 14.1 Å². The van der Waals surface area contributed by atoms with Gasteiger partial charge in [0.25, 0.3) is 10.0 Å². The molecular formula is C13H20N4O2S2. The van der Waals surface area contributed by atoms with Gasteiger partial charge in [-0.3, -0.25) is 5.10 Å². The van der Waals surface area contributed by atoms with E-state index in [1.54, 1.807) is 25.4 Å². The maximum absolute atomic E-state index is 12.8. The zero-order valence-electron chi connectivity index (χ0n) is 12.5. The minimum Gasteiger partial charge on any atom is -0.316 e. The van der Waals surface area contributed by atoms with Crippen LogP contribution >= 0.6 is 11.3 Å². The highest BCUT2D eigenvalue weighted by atomic mass is 32.2. The third-order valence-corrected chi connectivity index (χ3v) is 6.46. The lowest BCUT2D eigenvalue weighted by molar-refractivity contribution is 0.400. The molecule has 2 N–H and O–H groups in total. The topological polar surface area (TPSA) is 78.1 Å². The normalized spacial score (nSPS) is 13.8. The highest BCUT2D eigenvalue weighted by molar-refractivity contribution is 7.89. The van der Waals surface area contributed by atoms with Crippen LogP contribution in [-0.4, -0.2) is 37.0 Å². The number of hydrogen-bond donors (Lipinski definition) is 2. The van der Waals surface area contributed by atoms with Crippen molar-refractivity contribution in [2.24, 2.45) is 0 Å². The molecule has 6 nitrogen and oxygen atoms in total. The zero-order chi connectivity index (χ0) is 15.6. The van der Waals surface area contributed by atoms with Crippen LogP contribution < -0.4 is 5.32 Å². The molecule has 0 aromatic carbocycles. The van der Waals surface area contributed by atoms with Crippen LogP contribution in [0.1, 0.15) is 29.1 Å². The fourth-order valence-electron chi connectivity index (χ4n) is 2.08. The van der Waals surface area contributed by atoms with Gasteiger partial charge in [0, 0.05) is 29.7 Å². The standard InChI is InChI=1S/C13H20N4O2S2/c1-9-11(8-14-3)13(16-15-9)21(18,19)17(4)10(2)12-6-5-7-20-12/h5-7,10,14H,8H2,1-4H3,(H,15,16). The van der Waals surface area contributed by atoms with Crippen LogP contribution in [-0.2, 0) is 16.6 Å². The number of rotatable bonds is 6. The van der Waals surface area contributed by atoms with Gasteiger partial charge in [-0.15, -0.1) is 11.3 Å². The van der Waals surface area contributed by atoms with E-state index in [0.717, 1.165) is 10.6 Å². The van der Waals surface area contributed by atoms with E-state index in [2.05, 4.69) is 15.5 Å². The number of hydrogen-bond acceptors (Lipinski definition) is 5. The summed E-state index contributed by atoms with van der Waals surface area (Å²) in [4.78, 5) is 1.00. The van der Waals surface area contributed by atoms with E-state index < -0.39 is 10.0 Å². The molecule has 8 heteroatoms. The minimum atomic E-state index is -3.64. The minimum absolute atomic E-state index is 0.0975. The Morgan fingerprint density at radius 2 is 2.24 bits per heavy atom. The van der Waals surface area contributed by atoms with Gasteiger partial charge in [0.05, 0.1) is 6.04 Å². The molecule has 0 saturated carbocycles. The zero-order valence-corrected chi connectivity index (χ0v) is 14.2. The van der Waals surface area contributed by atoms with E-state index in [1.165, 1.54) is 4.31 Å². The fraction of sp³-hybridized carbons (Fsp3) is 0.462. The first-order valence-corrected chi connectivity index (χ1v) is 8.91. The highest BCUT2D eigenvalue weighted by Crippen LogP contribution is 2.29. The third-order valence-electron chi connectivity index (χ3n) is 3.51.